The van der Waals surface area contributed by atoms with E-state index in [2.05, 4.69) is 16.5 Å². The van der Waals surface area contributed by atoms with Crippen LogP contribution in [0.15, 0.2) is 36.9 Å². The van der Waals surface area contributed by atoms with Crippen LogP contribution >= 0.6 is 0 Å². The third kappa shape index (κ3) is 3.59. The van der Waals surface area contributed by atoms with Crippen LogP contribution in [0, 0.1) is 11.3 Å². The number of carbonyl (C=O) groups is 1. The van der Waals surface area contributed by atoms with E-state index < -0.39 is 11.9 Å². The van der Waals surface area contributed by atoms with Crippen LogP contribution in [0.5, 0.6) is 0 Å². The fraction of sp³-hybridized carbons (Fsp3) is 0.333. The Bertz CT molecular complexity index is 825. The summed E-state index contributed by atoms with van der Waals surface area (Å²) in [6.07, 6.45) is 1.46. The Morgan fingerprint density at radius 3 is 2.68 bits per heavy atom. The zero-order valence-corrected chi connectivity index (χ0v) is 13.7. The molecular weight excluding hydrogens is 320 g/mol. The first-order chi connectivity index (χ1) is 12.2. The molecule has 0 bridgehead atoms. The quantitative estimate of drug-likeness (QED) is 0.607. The van der Waals surface area contributed by atoms with E-state index in [1.165, 1.54) is 6.08 Å². The van der Waals surface area contributed by atoms with Gasteiger partial charge >= 0.3 is 5.97 Å². The molecule has 25 heavy (non-hydrogen) atoms. The summed E-state index contributed by atoms with van der Waals surface area (Å²) >= 11 is 0. The van der Waals surface area contributed by atoms with Gasteiger partial charge in [-0.25, -0.2) is 9.97 Å². The molecule has 7 heteroatoms. The molecule has 0 N–H and O–H groups in total. The molecule has 1 aliphatic rings. The first-order valence-electron chi connectivity index (χ1n) is 8.01. The third-order valence-electron chi connectivity index (χ3n) is 3.87. The van der Waals surface area contributed by atoms with Crippen LogP contribution in [-0.4, -0.2) is 48.8 Å². The minimum atomic E-state index is -1.14. The Morgan fingerprint density at radius 2 is 2.04 bits per heavy atom. The van der Waals surface area contributed by atoms with E-state index >= 15 is 0 Å². The monoisotopic (exact) mass is 338 g/mol. The number of para-hydroxylation sites is 2. The maximum absolute atomic E-state index is 12.3. The average molecular weight is 338 g/mol. The van der Waals surface area contributed by atoms with Gasteiger partial charge in [0.1, 0.15) is 12.3 Å². The Hall–Kier alpha value is -2.98. The van der Waals surface area contributed by atoms with Crippen molar-refractivity contribution in [3.8, 4) is 6.07 Å². The van der Waals surface area contributed by atoms with Crippen LogP contribution in [-0.2, 0) is 14.3 Å². The van der Waals surface area contributed by atoms with Crippen molar-refractivity contribution in [3.05, 3.63) is 42.6 Å². The van der Waals surface area contributed by atoms with Gasteiger partial charge in [0.05, 0.1) is 30.3 Å². The van der Waals surface area contributed by atoms with Crippen LogP contribution in [0.3, 0.4) is 0 Å². The highest BCUT2D eigenvalue weighted by molar-refractivity contribution is 5.85. The number of benzene rings is 1. The molecule has 1 aromatic carbocycles. The second kappa shape index (κ2) is 7.73. The number of rotatable bonds is 5. The smallest absolute Gasteiger partial charge is 0.330 e. The Kier molecular flexibility index (Phi) is 5.21. The van der Waals surface area contributed by atoms with Crippen molar-refractivity contribution < 1.29 is 14.3 Å². The molecule has 2 heterocycles. The molecule has 128 valence electrons. The van der Waals surface area contributed by atoms with Gasteiger partial charge in [0.2, 0.25) is 0 Å². The summed E-state index contributed by atoms with van der Waals surface area (Å²) in [6.45, 7) is 5.93. The minimum absolute atomic E-state index is 0.0465. The summed E-state index contributed by atoms with van der Waals surface area (Å²) in [5.74, 6) is -1.26. The Labute approximate surface area is 145 Å². The lowest BCUT2D eigenvalue weighted by atomic mass is 10.1. The molecule has 3 rings (SSSR count). The molecule has 1 atom stereocenters. The van der Waals surface area contributed by atoms with Gasteiger partial charge in [-0.1, -0.05) is 24.8 Å². The van der Waals surface area contributed by atoms with E-state index in [1.54, 1.807) is 6.07 Å². The van der Waals surface area contributed by atoms with Crippen LogP contribution in [0.1, 0.15) is 11.6 Å². The first kappa shape index (κ1) is 16.9. The summed E-state index contributed by atoms with van der Waals surface area (Å²) in [5.41, 5.74) is 1.66. The number of ether oxygens (including phenoxy) is 2. The number of carbonyl (C=O) groups excluding carboxylic acids is 1. The van der Waals surface area contributed by atoms with E-state index in [0.717, 1.165) is 0 Å². The van der Waals surface area contributed by atoms with Gasteiger partial charge in [0, 0.05) is 13.1 Å². The Balaban J connectivity index is 2.08. The molecule has 1 saturated heterocycles. The largest absolute Gasteiger partial charge is 0.460 e. The molecule has 0 saturated carbocycles. The number of nitrogens with zero attached hydrogens (tertiary/aromatic N) is 4. The molecule has 1 unspecified atom stereocenters. The molecule has 0 spiro atoms. The molecule has 2 aromatic rings. The zero-order chi connectivity index (χ0) is 17.6. The number of anilines is 1. The van der Waals surface area contributed by atoms with E-state index in [1.807, 2.05) is 29.2 Å². The molecule has 0 amide bonds. The van der Waals surface area contributed by atoms with Gasteiger partial charge in [0.15, 0.2) is 11.7 Å². The van der Waals surface area contributed by atoms with Gasteiger partial charge in [-0.3, -0.25) is 4.79 Å². The fourth-order valence-electron chi connectivity index (χ4n) is 2.66. The predicted molar refractivity (Wildman–Crippen MR) is 92.1 cm³/mol. The summed E-state index contributed by atoms with van der Waals surface area (Å²) in [7, 11) is 0. The molecule has 7 nitrogen and oxygen atoms in total. The van der Waals surface area contributed by atoms with Gasteiger partial charge in [-0.05, 0) is 12.1 Å². The highest BCUT2D eigenvalue weighted by Crippen LogP contribution is 2.28. The van der Waals surface area contributed by atoms with Crippen molar-refractivity contribution in [2.24, 2.45) is 0 Å². The Morgan fingerprint density at radius 1 is 1.36 bits per heavy atom. The predicted octanol–water partition coefficient (Wildman–Crippen LogP) is 1.80. The number of hydrogen-bond donors (Lipinski definition) is 0. The lowest BCUT2D eigenvalue weighted by Crippen LogP contribution is -2.38. The normalized spacial score (nSPS) is 15.4. The van der Waals surface area contributed by atoms with Crippen molar-refractivity contribution >= 4 is 22.8 Å². The second-order valence-corrected chi connectivity index (χ2v) is 5.50. The summed E-state index contributed by atoms with van der Waals surface area (Å²) in [4.78, 5) is 23.5. The lowest BCUT2D eigenvalue weighted by molar-refractivity contribution is -0.142. The minimum Gasteiger partial charge on any atom is -0.460 e. The average Bonchev–Trinajstić information content (AvgIpc) is 2.67. The second-order valence-electron chi connectivity index (χ2n) is 5.50. The lowest BCUT2D eigenvalue weighted by Gasteiger charge is -2.29. The number of fused-ring (bicyclic) bond motifs is 1. The molecule has 0 aliphatic carbocycles. The standard InChI is InChI=1S/C18H18N4O3/c1-2-9-25-18(23)13(12-19)16-17(22-7-10-24-11-8-22)21-15-6-4-3-5-14(15)20-16/h2-6,13H,1,7-11H2. The van der Waals surface area contributed by atoms with Crippen molar-refractivity contribution in [3.63, 3.8) is 0 Å². The topological polar surface area (TPSA) is 88.3 Å². The zero-order valence-electron chi connectivity index (χ0n) is 13.7. The van der Waals surface area contributed by atoms with E-state index in [9.17, 15) is 10.1 Å². The van der Waals surface area contributed by atoms with Gasteiger partial charge in [-0.15, -0.1) is 0 Å². The van der Waals surface area contributed by atoms with Gasteiger partial charge < -0.3 is 14.4 Å². The van der Waals surface area contributed by atoms with Crippen LogP contribution in [0.4, 0.5) is 5.82 Å². The van der Waals surface area contributed by atoms with E-state index in [0.29, 0.717) is 48.8 Å². The molecule has 1 aliphatic heterocycles. The van der Waals surface area contributed by atoms with E-state index in [4.69, 9.17) is 9.47 Å². The molecule has 1 fully saturated rings. The number of nitriles is 1. The maximum Gasteiger partial charge on any atom is 0.330 e. The van der Waals surface area contributed by atoms with Crippen LogP contribution < -0.4 is 4.90 Å². The number of aromatic nitrogens is 2. The van der Waals surface area contributed by atoms with Crippen molar-refractivity contribution in [2.75, 3.05) is 37.8 Å². The molecular formula is C18H18N4O3. The summed E-state index contributed by atoms with van der Waals surface area (Å²) in [6, 6.07) is 9.38. The molecule has 0 radical (unpaired) electrons. The van der Waals surface area contributed by atoms with Crippen molar-refractivity contribution in [2.45, 2.75) is 5.92 Å². The van der Waals surface area contributed by atoms with Crippen LogP contribution in [0.2, 0.25) is 0 Å². The van der Waals surface area contributed by atoms with E-state index in [-0.39, 0.29) is 6.61 Å². The fourth-order valence-corrected chi connectivity index (χ4v) is 2.66. The van der Waals surface area contributed by atoms with Crippen molar-refractivity contribution in [1.82, 2.24) is 9.97 Å². The van der Waals surface area contributed by atoms with Gasteiger partial charge in [-0.2, -0.15) is 5.26 Å². The van der Waals surface area contributed by atoms with Crippen LogP contribution in [0.25, 0.3) is 11.0 Å². The van der Waals surface area contributed by atoms with Crippen molar-refractivity contribution in [1.29, 1.82) is 5.26 Å². The molecule has 1 aromatic heterocycles. The van der Waals surface area contributed by atoms with Gasteiger partial charge in [0.25, 0.3) is 0 Å². The highest BCUT2D eigenvalue weighted by atomic mass is 16.5. The maximum atomic E-state index is 12.3. The number of esters is 1. The summed E-state index contributed by atoms with van der Waals surface area (Å²) < 4.78 is 10.4. The summed E-state index contributed by atoms with van der Waals surface area (Å²) in [5, 5.41) is 9.56. The number of morpholine rings is 1. The first-order valence-corrected chi connectivity index (χ1v) is 8.01. The highest BCUT2D eigenvalue weighted by Gasteiger charge is 2.30. The SMILES string of the molecule is C=CCOC(=O)C(C#N)c1nc2ccccc2nc1N1CCOCC1. The third-order valence-corrected chi connectivity index (χ3v) is 3.87. The number of hydrogen-bond acceptors (Lipinski definition) is 7.